The molecule has 0 saturated heterocycles. The monoisotopic (exact) mass is 336 g/mol. The summed E-state index contributed by atoms with van der Waals surface area (Å²) in [6.45, 7) is 4.03. The van der Waals surface area contributed by atoms with Crippen molar-refractivity contribution >= 4 is 23.1 Å². The van der Waals surface area contributed by atoms with Crippen molar-refractivity contribution in [1.29, 1.82) is 0 Å². The van der Waals surface area contributed by atoms with Gasteiger partial charge in [-0.25, -0.2) is 0 Å². The molecular formula is C20H20N2O3. The molecule has 0 unspecified atom stereocenters. The fraction of sp³-hybridized carbons (Fsp3) is 0.200. The predicted octanol–water partition coefficient (Wildman–Crippen LogP) is 3.13. The van der Waals surface area contributed by atoms with E-state index in [-0.39, 0.29) is 17.5 Å². The molecule has 25 heavy (non-hydrogen) atoms. The number of methoxy groups -OCH3 is 1. The summed E-state index contributed by atoms with van der Waals surface area (Å²) in [5, 5.41) is 3.13. The van der Waals surface area contributed by atoms with Crippen LogP contribution in [-0.2, 0) is 9.59 Å². The quantitative estimate of drug-likeness (QED) is 0.872. The minimum atomic E-state index is -0.357. The van der Waals surface area contributed by atoms with E-state index in [2.05, 4.69) is 5.32 Å². The van der Waals surface area contributed by atoms with Gasteiger partial charge in [0.25, 0.3) is 11.8 Å². The average Bonchev–Trinajstić information content (AvgIpc) is 2.82. The van der Waals surface area contributed by atoms with Gasteiger partial charge in [0.15, 0.2) is 0 Å². The fourth-order valence-corrected chi connectivity index (χ4v) is 2.82. The Balaban J connectivity index is 2.13. The molecule has 5 heteroatoms. The van der Waals surface area contributed by atoms with Crippen LogP contribution in [0.2, 0.25) is 0 Å². The number of carbonyl (C=O) groups is 2. The molecule has 2 aromatic carbocycles. The molecule has 0 aliphatic carbocycles. The molecule has 1 aliphatic rings. The lowest BCUT2D eigenvalue weighted by molar-refractivity contribution is -0.135. The molecule has 0 atom stereocenters. The fourth-order valence-electron chi connectivity index (χ4n) is 2.82. The first-order valence-electron chi connectivity index (χ1n) is 7.98. The average molecular weight is 336 g/mol. The van der Waals surface area contributed by atoms with Crippen molar-refractivity contribution in [3.63, 3.8) is 0 Å². The van der Waals surface area contributed by atoms with Crippen LogP contribution in [0, 0.1) is 13.8 Å². The van der Waals surface area contributed by atoms with Crippen LogP contribution < -0.4 is 10.1 Å². The molecule has 2 amide bonds. The van der Waals surface area contributed by atoms with Gasteiger partial charge in [0, 0.05) is 18.3 Å². The Morgan fingerprint density at radius 3 is 2.36 bits per heavy atom. The van der Waals surface area contributed by atoms with Gasteiger partial charge in [-0.05, 0) is 43.2 Å². The van der Waals surface area contributed by atoms with Gasteiger partial charge >= 0.3 is 0 Å². The summed E-state index contributed by atoms with van der Waals surface area (Å²) < 4.78 is 5.37. The largest absolute Gasteiger partial charge is 0.496 e. The number of nitrogens with zero attached hydrogens (tertiary/aromatic N) is 1. The molecule has 0 spiro atoms. The molecule has 0 fully saturated rings. The summed E-state index contributed by atoms with van der Waals surface area (Å²) in [5.74, 6) is -0.154. The van der Waals surface area contributed by atoms with Crippen molar-refractivity contribution in [3.8, 4) is 5.75 Å². The highest BCUT2D eigenvalue weighted by molar-refractivity contribution is 6.36. The number of aryl methyl sites for hydroxylation is 2. The van der Waals surface area contributed by atoms with E-state index in [1.807, 2.05) is 44.2 Å². The van der Waals surface area contributed by atoms with Crippen LogP contribution in [0.15, 0.2) is 48.2 Å². The van der Waals surface area contributed by atoms with E-state index in [0.717, 1.165) is 21.7 Å². The standard InChI is InChI=1S/C20H20N2O3/c1-12-9-10-14(11-13(12)2)21-18-17(19(23)22(3)20(18)24)15-7-5-6-8-16(15)25-4/h5-11,21H,1-4H3. The molecule has 0 saturated carbocycles. The summed E-state index contributed by atoms with van der Waals surface area (Å²) in [5.41, 5.74) is 4.22. The third-order valence-electron chi connectivity index (χ3n) is 4.44. The number of anilines is 1. The van der Waals surface area contributed by atoms with Crippen LogP contribution in [0.5, 0.6) is 5.75 Å². The van der Waals surface area contributed by atoms with Crippen LogP contribution in [0.3, 0.4) is 0 Å². The second-order valence-corrected chi connectivity index (χ2v) is 6.04. The molecule has 128 valence electrons. The van der Waals surface area contributed by atoms with E-state index in [0.29, 0.717) is 16.9 Å². The van der Waals surface area contributed by atoms with Crippen LogP contribution in [-0.4, -0.2) is 30.9 Å². The number of benzene rings is 2. The molecule has 1 N–H and O–H groups in total. The van der Waals surface area contributed by atoms with Gasteiger partial charge in [-0.1, -0.05) is 24.3 Å². The van der Waals surface area contributed by atoms with E-state index in [9.17, 15) is 9.59 Å². The van der Waals surface area contributed by atoms with Crippen molar-refractivity contribution in [1.82, 2.24) is 4.90 Å². The second-order valence-electron chi connectivity index (χ2n) is 6.04. The van der Waals surface area contributed by atoms with E-state index >= 15 is 0 Å². The zero-order chi connectivity index (χ0) is 18.1. The summed E-state index contributed by atoms with van der Waals surface area (Å²) in [6, 6.07) is 13.0. The topological polar surface area (TPSA) is 58.6 Å². The molecule has 1 heterocycles. The molecule has 0 radical (unpaired) electrons. The Morgan fingerprint density at radius 1 is 0.960 bits per heavy atom. The molecule has 0 bridgehead atoms. The maximum atomic E-state index is 12.7. The molecule has 3 rings (SSSR count). The maximum absolute atomic E-state index is 12.7. The number of hydrogen-bond acceptors (Lipinski definition) is 4. The third-order valence-corrected chi connectivity index (χ3v) is 4.44. The number of ether oxygens (including phenoxy) is 1. The number of imide groups is 1. The van der Waals surface area contributed by atoms with Crippen LogP contribution >= 0.6 is 0 Å². The van der Waals surface area contributed by atoms with E-state index < -0.39 is 0 Å². The molecule has 5 nitrogen and oxygen atoms in total. The number of nitrogens with one attached hydrogen (secondary N) is 1. The maximum Gasteiger partial charge on any atom is 0.277 e. The van der Waals surface area contributed by atoms with Gasteiger partial charge in [0.05, 0.1) is 12.7 Å². The zero-order valence-corrected chi connectivity index (χ0v) is 14.7. The first-order chi connectivity index (χ1) is 11.9. The van der Waals surface area contributed by atoms with Crippen LogP contribution in [0.4, 0.5) is 5.69 Å². The van der Waals surface area contributed by atoms with Gasteiger partial charge < -0.3 is 10.1 Å². The SMILES string of the molecule is COc1ccccc1C1=C(Nc2ccc(C)c(C)c2)C(=O)N(C)C1=O. The summed E-state index contributed by atoms with van der Waals surface area (Å²) in [7, 11) is 3.02. The molecule has 1 aliphatic heterocycles. The molecule has 2 aromatic rings. The predicted molar refractivity (Wildman–Crippen MR) is 97.2 cm³/mol. The highest BCUT2D eigenvalue weighted by Gasteiger charge is 2.37. The Morgan fingerprint density at radius 2 is 1.68 bits per heavy atom. The number of amides is 2. The summed E-state index contributed by atoms with van der Waals surface area (Å²) >= 11 is 0. The Kier molecular flexibility index (Phi) is 4.31. The number of hydrogen-bond donors (Lipinski definition) is 1. The number of para-hydroxylation sites is 1. The first-order valence-corrected chi connectivity index (χ1v) is 7.98. The van der Waals surface area contributed by atoms with Gasteiger partial charge in [-0.2, -0.15) is 0 Å². The highest BCUT2D eigenvalue weighted by Crippen LogP contribution is 2.34. The lowest BCUT2D eigenvalue weighted by atomic mass is 10.0. The third kappa shape index (κ3) is 2.89. The first kappa shape index (κ1) is 16.8. The van der Waals surface area contributed by atoms with Crippen molar-refractivity contribution in [2.45, 2.75) is 13.8 Å². The van der Waals surface area contributed by atoms with Crippen LogP contribution in [0.25, 0.3) is 5.57 Å². The van der Waals surface area contributed by atoms with Gasteiger partial charge in [-0.15, -0.1) is 0 Å². The normalized spacial score (nSPS) is 14.3. The van der Waals surface area contributed by atoms with Crippen molar-refractivity contribution in [2.24, 2.45) is 0 Å². The number of carbonyl (C=O) groups excluding carboxylic acids is 2. The Hall–Kier alpha value is -3.08. The van der Waals surface area contributed by atoms with Crippen LogP contribution in [0.1, 0.15) is 16.7 Å². The molecule has 0 aromatic heterocycles. The smallest absolute Gasteiger partial charge is 0.277 e. The minimum Gasteiger partial charge on any atom is -0.496 e. The highest BCUT2D eigenvalue weighted by atomic mass is 16.5. The summed E-state index contributed by atoms with van der Waals surface area (Å²) in [4.78, 5) is 26.4. The van der Waals surface area contributed by atoms with Gasteiger partial charge in [0.1, 0.15) is 11.4 Å². The van der Waals surface area contributed by atoms with Gasteiger partial charge in [-0.3, -0.25) is 14.5 Å². The van der Waals surface area contributed by atoms with E-state index in [1.54, 1.807) is 19.2 Å². The Labute approximate surface area is 146 Å². The van der Waals surface area contributed by atoms with Crippen molar-refractivity contribution in [3.05, 3.63) is 64.9 Å². The number of rotatable bonds is 4. The lowest BCUT2D eigenvalue weighted by Gasteiger charge is -2.11. The lowest BCUT2D eigenvalue weighted by Crippen LogP contribution is -2.27. The van der Waals surface area contributed by atoms with Crippen molar-refractivity contribution < 1.29 is 14.3 Å². The van der Waals surface area contributed by atoms with E-state index in [4.69, 9.17) is 4.74 Å². The van der Waals surface area contributed by atoms with E-state index in [1.165, 1.54) is 7.05 Å². The van der Waals surface area contributed by atoms with Gasteiger partial charge in [0.2, 0.25) is 0 Å². The molecular weight excluding hydrogens is 316 g/mol. The second kappa shape index (κ2) is 6.43. The Bertz CT molecular complexity index is 900. The zero-order valence-electron chi connectivity index (χ0n) is 14.7. The summed E-state index contributed by atoms with van der Waals surface area (Å²) in [6.07, 6.45) is 0. The van der Waals surface area contributed by atoms with Crippen molar-refractivity contribution in [2.75, 3.05) is 19.5 Å². The minimum absolute atomic E-state index is 0.264. The number of likely N-dealkylation sites (N-methyl/N-ethyl adjacent to an activating group) is 1.